The van der Waals surface area contributed by atoms with Crippen LogP contribution in [0.5, 0.6) is 0 Å². The summed E-state index contributed by atoms with van der Waals surface area (Å²) >= 11 is 0. The molecule has 0 aliphatic heterocycles. The molecule has 4 heteroatoms. The fourth-order valence-electron chi connectivity index (χ4n) is 0.926. The highest BCUT2D eigenvalue weighted by Crippen LogP contribution is 1.94. The van der Waals surface area contributed by atoms with Crippen molar-refractivity contribution in [3.05, 3.63) is 48.2 Å². The summed E-state index contributed by atoms with van der Waals surface area (Å²) in [5, 5.41) is 0. The molecule has 1 aromatic rings. The number of ether oxygens (including phenoxy) is 2. The molecule has 0 atom stereocenters. The molecule has 0 saturated carbocycles. The molecule has 0 bridgehead atoms. The van der Waals surface area contributed by atoms with Gasteiger partial charge in [-0.15, -0.1) is 0 Å². The zero-order valence-electron chi connectivity index (χ0n) is 10.1. The molecular formula is C13H19NO3. The van der Waals surface area contributed by atoms with Crippen LogP contribution in [0, 0.1) is 0 Å². The highest BCUT2D eigenvalue weighted by atomic mass is 16.5. The van der Waals surface area contributed by atoms with E-state index in [9.17, 15) is 4.79 Å². The van der Waals surface area contributed by atoms with E-state index in [1.165, 1.54) is 5.56 Å². The van der Waals surface area contributed by atoms with Gasteiger partial charge >= 0.3 is 0 Å². The average Bonchev–Trinajstić information content (AvgIpc) is 2.36. The van der Waals surface area contributed by atoms with Crippen LogP contribution >= 0.6 is 0 Å². The number of carbonyl (C=O) groups excluding carboxylic acids is 1. The Morgan fingerprint density at radius 3 is 2.41 bits per heavy atom. The van der Waals surface area contributed by atoms with Gasteiger partial charge in [-0.25, -0.2) is 0 Å². The molecule has 0 heterocycles. The van der Waals surface area contributed by atoms with Crippen molar-refractivity contribution in [1.82, 2.24) is 0 Å². The summed E-state index contributed by atoms with van der Waals surface area (Å²) in [5.41, 5.74) is 6.54. The molecule has 0 aromatic heterocycles. The number of hydrogen-bond donors (Lipinski definition) is 1. The van der Waals surface area contributed by atoms with Gasteiger partial charge in [0.1, 0.15) is 13.2 Å². The van der Waals surface area contributed by atoms with Gasteiger partial charge in [-0.2, -0.15) is 0 Å². The van der Waals surface area contributed by atoms with Crippen molar-refractivity contribution in [1.29, 1.82) is 0 Å². The first-order valence-corrected chi connectivity index (χ1v) is 5.28. The third-order valence-corrected chi connectivity index (χ3v) is 1.70. The van der Waals surface area contributed by atoms with Crippen molar-refractivity contribution in [2.45, 2.75) is 13.5 Å². The van der Waals surface area contributed by atoms with E-state index < -0.39 is 0 Å². The molecule has 0 aliphatic carbocycles. The van der Waals surface area contributed by atoms with Crippen LogP contribution in [0.15, 0.2) is 42.7 Å². The maximum Gasteiger partial charge on any atom is 0.293 e. The maximum atomic E-state index is 9.55. The second-order valence-corrected chi connectivity index (χ2v) is 3.21. The molecule has 4 nitrogen and oxygen atoms in total. The van der Waals surface area contributed by atoms with Crippen LogP contribution in [0.4, 0.5) is 0 Å². The number of carbonyl (C=O) groups is 1. The smallest absolute Gasteiger partial charge is 0.293 e. The summed E-state index contributed by atoms with van der Waals surface area (Å²) in [5.74, 6) is 0.629. The number of rotatable bonds is 6. The van der Waals surface area contributed by atoms with Gasteiger partial charge in [-0.05, 0) is 12.5 Å². The van der Waals surface area contributed by atoms with E-state index in [1.54, 1.807) is 6.92 Å². The quantitative estimate of drug-likeness (QED) is 0.466. The number of benzene rings is 1. The van der Waals surface area contributed by atoms with E-state index in [0.717, 1.165) is 0 Å². The Hall–Kier alpha value is -1.81. The summed E-state index contributed by atoms with van der Waals surface area (Å²) in [4.78, 5) is 9.55. The highest BCUT2D eigenvalue weighted by molar-refractivity contribution is 5.36. The van der Waals surface area contributed by atoms with Crippen molar-refractivity contribution in [3.8, 4) is 0 Å². The van der Waals surface area contributed by atoms with Gasteiger partial charge < -0.3 is 15.2 Å². The lowest BCUT2D eigenvalue weighted by atomic mass is 10.2. The van der Waals surface area contributed by atoms with E-state index in [4.69, 9.17) is 10.5 Å². The van der Waals surface area contributed by atoms with Gasteiger partial charge in [0.2, 0.25) is 0 Å². The fraction of sp³-hybridized carbons (Fsp3) is 0.308. The predicted molar refractivity (Wildman–Crippen MR) is 67.1 cm³/mol. The summed E-state index contributed by atoms with van der Waals surface area (Å²) in [6.45, 7) is 6.93. The van der Waals surface area contributed by atoms with Crippen molar-refractivity contribution < 1.29 is 14.3 Å². The normalized spacial score (nSPS) is 8.59. The van der Waals surface area contributed by atoms with Crippen LogP contribution in [0.1, 0.15) is 12.5 Å². The first-order valence-electron chi connectivity index (χ1n) is 5.28. The van der Waals surface area contributed by atoms with Crippen LogP contribution < -0.4 is 5.73 Å². The van der Waals surface area contributed by atoms with E-state index >= 15 is 0 Å². The van der Waals surface area contributed by atoms with Gasteiger partial charge in [-0.1, -0.05) is 36.9 Å². The molecule has 1 rings (SSSR count). The fourth-order valence-corrected chi connectivity index (χ4v) is 0.926. The third-order valence-electron chi connectivity index (χ3n) is 1.70. The Morgan fingerprint density at radius 1 is 1.35 bits per heavy atom. The van der Waals surface area contributed by atoms with Crippen LogP contribution in [0.3, 0.4) is 0 Å². The second-order valence-electron chi connectivity index (χ2n) is 3.21. The molecule has 0 fully saturated rings. The summed E-state index contributed by atoms with van der Waals surface area (Å²) in [7, 11) is 0. The van der Waals surface area contributed by atoms with E-state index in [1.807, 2.05) is 30.3 Å². The lowest BCUT2D eigenvalue weighted by Gasteiger charge is -2.01. The minimum atomic E-state index is 0.288. The van der Waals surface area contributed by atoms with Crippen LogP contribution in [0.2, 0.25) is 0 Å². The molecule has 94 valence electrons. The van der Waals surface area contributed by atoms with E-state index in [0.29, 0.717) is 25.4 Å². The van der Waals surface area contributed by atoms with E-state index in [-0.39, 0.29) is 6.61 Å². The van der Waals surface area contributed by atoms with Gasteiger partial charge in [0.15, 0.2) is 0 Å². The summed E-state index contributed by atoms with van der Waals surface area (Å²) in [6, 6.07) is 9.99. The van der Waals surface area contributed by atoms with Crippen LogP contribution in [-0.4, -0.2) is 19.7 Å². The van der Waals surface area contributed by atoms with Gasteiger partial charge in [0.25, 0.3) is 6.47 Å². The zero-order chi connectivity index (χ0) is 12.9. The standard InChI is InChI=1S/C7H9N.C6H10O3/c8-6-7-4-2-1-3-5-7;1-6(2)9-4-3-8-5-7/h1-5H,6,8H2;5H,1,3-4H2,2H3. The molecule has 2 N–H and O–H groups in total. The number of allylic oxidation sites excluding steroid dienone is 1. The Kier molecular flexibility index (Phi) is 9.56. The lowest BCUT2D eigenvalue weighted by Crippen LogP contribution is -2.00. The molecule has 0 unspecified atom stereocenters. The molecule has 0 saturated heterocycles. The zero-order valence-corrected chi connectivity index (χ0v) is 10.1. The predicted octanol–water partition coefficient (Wildman–Crippen LogP) is 1.85. The Morgan fingerprint density at radius 2 is 2.00 bits per heavy atom. The first kappa shape index (κ1) is 15.2. The van der Waals surface area contributed by atoms with E-state index in [2.05, 4.69) is 11.3 Å². The lowest BCUT2D eigenvalue weighted by molar-refractivity contribution is -0.129. The third kappa shape index (κ3) is 10.5. The second kappa shape index (κ2) is 10.7. The monoisotopic (exact) mass is 237 g/mol. The Labute approximate surface area is 102 Å². The average molecular weight is 237 g/mol. The van der Waals surface area contributed by atoms with Crippen molar-refractivity contribution in [2.24, 2.45) is 5.73 Å². The minimum absolute atomic E-state index is 0.288. The Bertz CT molecular complexity index is 312. The van der Waals surface area contributed by atoms with Crippen molar-refractivity contribution in [2.75, 3.05) is 13.2 Å². The Balaban J connectivity index is 0.000000302. The topological polar surface area (TPSA) is 61.5 Å². The molecule has 0 aliphatic rings. The number of nitrogens with two attached hydrogens (primary N) is 1. The van der Waals surface area contributed by atoms with Crippen molar-refractivity contribution >= 4 is 6.47 Å². The maximum absolute atomic E-state index is 9.55. The van der Waals surface area contributed by atoms with Crippen molar-refractivity contribution in [3.63, 3.8) is 0 Å². The number of hydrogen-bond acceptors (Lipinski definition) is 4. The molecule has 0 amide bonds. The minimum Gasteiger partial charge on any atom is -0.495 e. The summed E-state index contributed by atoms with van der Waals surface area (Å²) in [6.07, 6.45) is 0. The SMILES string of the molecule is C=C(C)OCCOC=O.NCc1ccccc1. The van der Waals surface area contributed by atoms with Crippen LogP contribution in [0.25, 0.3) is 0 Å². The van der Waals surface area contributed by atoms with Crippen LogP contribution in [-0.2, 0) is 20.8 Å². The van der Waals surface area contributed by atoms with Gasteiger partial charge in [0.05, 0.1) is 5.76 Å². The summed E-state index contributed by atoms with van der Waals surface area (Å²) < 4.78 is 9.20. The largest absolute Gasteiger partial charge is 0.495 e. The molecule has 0 radical (unpaired) electrons. The molecule has 0 spiro atoms. The molecular weight excluding hydrogens is 218 g/mol. The highest BCUT2D eigenvalue weighted by Gasteiger charge is 1.85. The molecule has 1 aromatic carbocycles. The first-order chi connectivity index (χ1) is 8.20. The van der Waals surface area contributed by atoms with Gasteiger partial charge in [0, 0.05) is 6.54 Å². The molecule has 17 heavy (non-hydrogen) atoms. The van der Waals surface area contributed by atoms with Gasteiger partial charge in [-0.3, -0.25) is 4.79 Å².